The Labute approximate surface area is 93.5 Å². The number of hydrogen-bond acceptors (Lipinski definition) is 4. The van der Waals surface area contributed by atoms with E-state index in [2.05, 4.69) is 5.32 Å². The van der Waals surface area contributed by atoms with Crippen molar-refractivity contribution in [1.82, 2.24) is 10.2 Å². The number of amides is 1. The molecule has 1 aromatic rings. The molecular formula is C11H13N3O2. The number of nitrogens with zero attached hydrogens (tertiary/aromatic N) is 2. The van der Waals surface area contributed by atoms with Crippen LogP contribution >= 0.6 is 0 Å². The van der Waals surface area contributed by atoms with E-state index in [0.29, 0.717) is 18.8 Å². The van der Waals surface area contributed by atoms with Gasteiger partial charge in [-0.15, -0.1) is 0 Å². The Bertz CT molecular complexity index is 415. The minimum atomic E-state index is -0.00347. The normalized spacial score (nSPS) is 20.8. The van der Waals surface area contributed by atoms with Gasteiger partial charge in [-0.05, 0) is 18.6 Å². The van der Waals surface area contributed by atoms with Crippen molar-refractivity contribution in [3.8, 4) is 0 Å². The number of anilines is 1. The first-order valence-corrected chi connectivity index (χ1v) is 5.41. The van der Waals surface area contributed by atoms with E-state index in [1.165, 1.54) is 0 Å². The summed E-state index contributed by atoms with van der Waals surface area (Å²) in [5, 5.41) is 6.45. The molecular weight excluding hydrogens is 206 g/mol. The third-order valence-electron chi connectivity index (χ3n) is 2.81. The van der Waals surface area contributed by atoms with Crippen LogP contribution in [0, 0.1) is 0 Å². The summed E-state index contributed by atoms with van der Waals surface area (Å²) in [5.74, 6) is -0.00347. The SMILES string of the molecule is O=C1c2ccccc2NCN1N1CCCO1. The molecule has 0 saturated carbocycles. The smallest absolute Gasteiger partial charge is 0.273 e. The molecule has 0 spiro atoms. The topological polar surface area (TPSA) is 44.8 Å². The van der Waals surface area contributed by atoms with Gasteiger partial charge in [-0.2, -0.15) is 0 Å². The first-order valence-electron chi connectivity index (χ1n) is 5.41. The number of hydroxylamine groups is 1. The number of para-hydroxylation sites is 1. The number of hydrogen-bond donors (Lipinski definition) is 1. The van der Waals surface area contributed by atoms with Gasteiger partial charge in [0.1, 0.15) is 6.67 Å². The Balaban J connectivity index is 1.88. The quantitative estimate of drug-likeness (QED) is 0.767. The van der Waals surface area contributed by atoms with Crippen LogP contribution in [0.2, 0.25) is 0 Å². The molecule has 2 aliphatic rings. The van der Waals surface area contributed by atoms with E-state index >= 15 is 0 Å². The molecule has 0 aromatic heterocycles. The van der Waals surface area contributed by atoms with E-state index < -0.39 is 0 Å². The number of rotatable bonds is 1. The molecule has 1 N–H and O–H groups in total. The fourth-order valence-electron chi connectivity index (χ4n) is 2.00. The van der Waals surface area contributed by atoms with Crippen molar-refractivity contribution in [3.63, 3.8) is 0 Å². The first-order chi connectivity index (χ1) is 7.86. The highest BCUT2D eigenvalue weighted by atomic mass is 16.7. The molecule has 3 rings (SSSR count). The Hall–Kier alpha value is -1.59. The maximum absolute atomic E-state index is 12.2. The van der Waals surface area contributed by atoms with Gasteiger partial charge in [0.2, 0.25) is 0 Å². The van der Waals surface area contributed by atoms with Gasteiger partial charge >= 0.3 is 0 Å². The minimum absolute atomic E-state index is 0.00347. The second-order valence-electron chi connectivity index (χ2n) is 3.85. The molecule has 16 heavy (non-hydrogen) atoms. The lowest BCUT2D eigenvalue weighted by Crippen LogP contribution is -2.49. The Morgan fingerprint density at radius 3 is 3.00 bits per heavy atom. The van der Waals surface area contributed by atoms with Gasteiger partial charge in [0, 0.05) is 12.2 Å². The van der Waals surface area contributed by atoms with Crippen LogP contribution in [0.5, 0.6) is 0 Å². The van der Waals surface area contributed by atoms with Crippen LogP contribution in [0.15, 0.2) is 24.3 Å². The highest BCUT2D eigenvalue weighted by Gasteiger charge is 2.30. The minimum Gasteiger partial charge on any atom is -0.366 e. The van der Waals surface area contributed by atoms with Crippen molar-refractivity contribution in [2.24, 2.45) is 0 Å². The summed E-state index contributed by atoms with van der Waals surface area (Å²) in [6.07, 6.45) is 0.964. The number of hydrazine groups is 1. The summed E-state index contributed by atoms with van der Waals surface area (Å²) < 4.78 is 0. The van der Waals surface area contributed by atoms with Crippen LogP contribution in [-0.4, -0.2) is 35.9 Å². The van der Waals surface area contributed by atoms with Crippen LogP contribution in [0.3, 0.4) is 0 Å². The number of nitrogens with one attached hydrogen (secondary N) is 1. The van der Waals surface area contributed by atoms with Crippen molar-refractivity contribution in [3.05, 3.63) is 29.8 Å². The summed E-state index contributed by atoms with van der Waals surface area (Å²) in [5.41, 5.74) is 1.59. The molecule has 0 bridgehead atoms. The zero-order chi connectivity index (χ0) is 11.0. The van der Waals surface area contributed by atoms with Gasteiger partial charge in [-0.1, -0.05) is 17.3 Å². The van der Waals surface area contributed by atoms with Crippen LogP contribution in [0.25, 0.3) is 0 Å². The molecule has 1 aromatic carbocycles. The zero-order valence-electron chi connectivity index (χ0n) is 8.85. The summed E-state index contributed by atoms with van der Waals surface area (Å²) in [7, 11) is 0. The summed E-state index contributed by atoms with van der Waals surface area (Å²) in [6.45, 7) is 1.93. The molecule has 5 nitrogen and oxygen atoms in total. The Morgan fingerprint density at radius 1 is 1.31 bits per heavy atom. The average molecular weight is 219 g/mol. The van der Waals surface area contributed by atoms with Crippen molar-refractivity contribution >= 4 is 11.6 Å². The van der Waals surface area contributed by atoms with Gasteiger partial charge in [0.05, 0.1) is 12.2 Å². The largest absolute Gasteiger partial charge is 0.366 e. The maximum atomic E-state index is 12.2. The van der Waals surface area contributed by atoms with E-state index in [-0.39, 0.29) is 5.91 Å². The van der Waals surface area contributed by atoms with Gasteiger partial charge < -0.3 is 5.32 Å². The second-order valence-corrected chi connectivity index (χ2v) is 3.85. The molecule has 0 atom stereocenters. The van der Waals surface area contributed by atoms with Gasteiger partial charge in [-0.3, -0.25) is 9.63 Å². The van der Waals surface area contributed by atoms with Crippen LogP contribution in [0.4, 0.5) is 5.69 Å². The molecule has 1 amide bonds. The van der Waals surface area contributed by atoms with Gasteiger partial charge in [-0.25, -0.2) is 5.01 Å². The van der Waals surface area contributed by atoms with Crippen molar-refractivity contribution < 1.29 is 9.63 Å². The van der Waals surface area contributed by atoms with Crippen LogP contribution < -0.4 is 5.32 Å². The fourth-order valence-corrected chi connectivity index (χ4v) is 2.00. The van der Waals surface area contributed by atoms with E-state index in [9.17, 15) is 4.79 Å². The van der Waals surface area contributed by atoms with E-state index in [0.717, 1.165) is 18.7 Å². The van der Waals surface area contributed by atoms with Crippen LogP contribution in [-0.2, 0) is 4.84 Å². The fraction of sp³-hybridized carbons (Fsp3) is 0.364. The highest BCUT2D eigenvalue weighted by Crippen LogP contribution is 2.23. The van der Waals surface area contributed by atoms with E-state index in [4.69, 9.17) is 4.84 Å². The first kappa shape index (κ1) is 9.62. The molecule has 0 aliphatic carbocycles. The van der Waals surface area contributed by atoms with E-state index in [1.54, 1.807) is 10.2 Å². The van der Waals surface area contributed by atoms with Crippen LogP contribution in [0.1, 0.15) is 16.8 Å². The molecule has 1 fully saturated rings. The predicted molar refractivity (Wildman–Crippen MR) is 58.4 cm³/mol. The lowest BCUT2D eigenvalue weighted by atomic mass is 10.1. The second kappa shape index (κ2) is 3.77. The third-order valence-corrected chi connectivity index (χ3v) is 2.81. The van der Waals surface area contributed by atoms with E-state index in [1.807, 2.05) is 24.3 Å². The van der Waals surface area contributed by atoms with Gasteiger partial charge in [0.15, 0.2) is 0 Å². The summed E-state index contributed by atoms with van der Waals surface area (Å²) >= 11 is 0. The molecule has 5 heteroatoms. The molecule has 84 valence electrons. The number of benzene rings is 1. The van der Waals surface area contributed by atoms with Crippen molar-refractivity contribution in [2.75, 3.05) is 25.1 Å². The number of carbonyl (C=O) groups excluding carboxylic acids is 1. The summed E-state index contributed by atoms with van der Waals surface area (Å²) in [4.78, 5) is 17.5. The monoisotopic (exact) mass is 219 g/mol. The lowest BCUT2D eigenvalue weighted by Gasteiger charge is -2.34. The number of carbonyl (C=O) groups is 1. The molecule has 2 heterocycles. The standard InChI is InChI=1S/C11H13N3O2/c15-11-9-4-1-2-5-10(9)12-8-13(11)14-6-3-7-16-14/h1-2,4-5,12H,3,6-8H2. The molecule has 1 saturated heterocycles. The Kier molecular flexibility index (Phi) is 2.27. The Morgan fingerprint density at radius 2 is 2.19 bits per heavy atom. The molecule has 0 unspecified atom stereocenters. The van der Waals surface area contributed by atoms with Crippen molar-refractivity contribution in [2.45, 2.75) is 6.42 Å². The maximum Gasteiger partial charge on any atom is 0.273 e. The van der Waals surface area contributed by atoms with Gasteiger partial charge in [0.25, 0.3) is 5.91 Å². The highest BCUT2D eigenvalue weighted by molar-refractivity contribution is 6.00. The lowest BCUT2D eigenvalue weighted by molar-refractivity contribution is -0.225. The average Bonchev–Trinajstić information content (AvgIpc) is 2.83. The summed E-state index contributed by atoms with van der Waals surface area (Å²) in [6, 6.07) is 7.52. The van der Waals surface area contributed by atoms with Crippen molar-refractivity contribution in [1.29, 1.82) is 0 Å². The zero-order valence-corrected chi connectivity index (χ0v) is 8.85. The third kappa shape index (κ3) is 1.45. The predicted octanol–water partition coefficient (Wildman–Crippen LogP) is 1.06. The molecule has 2 aliphatic heterocycles. The molecule has 0 radical (unpaired) electrons. The number of fused-ring (bicyclic) bond motifs is 1.